The zero-order valence-electron chi connectivity index (χ0n) is 16.4. The Labute approximate surface area is 169 Å². The average molecular weight is 403 g/mol. The number of carbonyl (C=O) groups excluding carboxylic acids is 1. The van der Waals surface area contributed by atoms with E-state index in [0.29, 0.717) is 23.1 Å². The third-order valence-electron chi connectivity index (χ3n) is 5.94. The maximum Gasteiger partial charge on any atom is 0.337 e. The molecule has 0 bridgehead atoms. The van der Waals surface area contributed by atoms with Crippen molar-refractivity contribution in [1.82, 2.24) is 4.98 Å². The molecule has 2 fully saturated rings. The van der Waals surface area contributed by atoms with Crippen LogP contribution in [-0.2, 0) is 4.74 Å². The lowest BCUT2D eigenvalue weighted by Gasteiger charge is -2.35. The molecule has 150 valence electrons. The number of aliphatic hydroxyl groups is 1. The average Bonchev–Trinajstić information content (AvgIpc) is 3.24. The monoisotopic (exact) mass is 402 g/mol. The Bertz CT molecular complexity index is 831. The number of ether oxygens (including phenoxy) is 2. The van der Waals surface area contributed by atoms with Crippen molar-refractivity contribution in [3.8, 4) is 5.75 Å². The normalized spacial score (nSPS) is 26.8. The molecule has 7 heteroatoms. The summed E-state index contributed by atoms with van der Waals surface area (Å²) in [6, 6.07) is 6.88. The van der Waals surface area contributed by atoms with Gasteiger partial charge in [-0.15, -0.1) is 11.3 Å². The number of thiazole rings is 1. The lowest BCUT2D eigenvalue weighted by Crippen LogP contribution is -2.42. The first-order valence-corrected chi connectivity index (χ1v) is 10.5. The third kappa shape index (κ3) is 3.73. The van der Waals surface area contributed by atoms with Gasteiger partial charge in [0.25, 0.3) is 0 Å². The second kappa shape index (κ2) is 7.72. The summed E-state index contributed by atoms with van der Waals surface area (Å²) in [4.78, 5) is 19.9. The van der Waals surface area contributed by atoms with Crippen LogP contribution < -0.4 is 9.64 Å². The molecule has 0 amide bonds. The molecule has 2 aromatic rings. The molecule has 1 saturated heterocycles. The van der Waals surface area contributed by atoms with Crippen molar-refractivity contribution < 1.29 is 19.4 Å². The summed E-state index contributed by atoms with van der Waals surface area (Å²) in [6.45, 7) is 6.08. The van der Waals surface area contributed by atoms with E-state index in [2.05, 4.69) is 18.7 Å². The van der Waals surface area contributed by atoms with Crippen molar-refractivity contribution in [2.45, 2.75) is 38.9 Å². The fourth-order valence-electron chi connectivity index (χ4n) is 4.23. The number of esters is 1. The molecule has 1 saturated carbocycles. The second-order valence-corrected chi connectivity index (χ2v) is 8.96. The van der Waals surface area contributed by atoms with Crippen LogP contribution in [0.25, 0.3) is 0 Å². The predicted octanol–water partition coefficient (Wildman–Crippen LogP) is 3.20. The van der Waals surface area contributed by atoms with Crippen molar-refractivity contribution in [3.05, 3.63) is 40.4 Å². The number of carbonyl (C=O) groups is 1. The molecule has 1 aliphatic carbocycles. The molecule has 0 unspecified atom stereocenters. The van der Waals surface area contributed by atoms with Gasteiger partial charge in [0.2, 0.25) is 0 Å². The highest BCUT2D eigenvalue weighted by atomic mass is 32.1. The van der Waals surface area contributed by atoms with Crippen LogP contribution in [0.2, 0.25) is 0 Å². The summed E-state index contributed by atoms with van der Waals surface area (Å²) in [5.41, 5.74) is 1.59. The quantitative estimate of drug-likeness (QED) is 0.792. The van der Waals surface area contributed by atoms with E-state index in [1.54, 1.807) is 35.6 Å². The number of aryl methyl sites for hydroxylation is 2. The van der Waals surface area contributed by atoms with Gasteiger partial charge in [-0.3, -0.25) is 0 Å². The number of fused-ring (bicyclic) bond motifs is 1. The lowest BCUT2D eigenvalue weighted by atomic mass is 9.78. The molecule has 1 aromatic heterocycles. The van der Waals surface area contributed by atoms with Crippen LogP contribution in [0.1, 0.15) is 33.8 Å². The first-order valence-electron chi connectivity index (χ1n) is 9.66. The van der Waals surface area contributed by atoms with Gasteiger partial charge in [-0.25, -0.2) is 9.78 Å². The van der Waals surface area contributed by atoms with Gasteiger partial charge in [0, 0.05) is 18.0 Å². The van der Waals surface area contributed by atoms with Gasteiger partial charge in [0.1, 0.15) is 11.9 Å². The topological polar surface area (TPSA) is 71.9 Å². The Hall–Kier alpha value is -2.12. The zero-order valence-corrected chi connectivity index (χ0v) is 17.2. The summed E-state index contributed by atoms with van der Waals surface area (Å²) in [5, 5.41) is 11.7. The highest BCUT2D eigenvalue weighted by molar-refractivity contribution is 7.15. The van der Waals surface area contributed by atoms with Crippen LogP contribution in [-0.4, -0.2) is 48.5 Å². The molecule has 1 N–H and O–H groups in total. The lowest BCUT2D eigenvalue weighted by molar-refractivity contribution is -0.0231. The number of nitrogens with zero attached hydrogens (tertiary/aromatic N) is 2. The Morgan fingerprint density at radius 3 is 2.46 bits per heavy atom. The smallest absolute Gasteiger partial charge is 0.337 e. The molecular formula is C21H26N2O4S. The number of methoxy groups -OCH3 is 1. The summed E-state index contributed by atoms with van der Waals surface area (Å²) in [5.74, 6) is 1.26. The van der Waals surface area contributed by atoms with E-state index < -0.39 is 6.10 Å². The molecule has 2 aliphatic rings. The van der Waals surface area contributed by atoms with E-state index in [4.69, 9.17) is 14.5 Å². The number of aromatic nitrogens is 1. The fourth-order valence-corrected chi connectivity index (χ4v) is 5.15. The van der Waals surface area contributed by atoms with E-state index in [1.165, 1.54) is 12.0 Å². The van der Waals surface area contributed by atoms with Crippen LogP contribution in [0.3, 0.4) is 0 Å². The Morgan fingerprint density at radius 1 is 1.18 bits per heavy atom. The number of aliphatic hydroxyl groups excluding tert-OH is 1. The van der Waals surface area contributed by atoms with E-state index in [9.17, 15) is 9.90 Å². The predicted molar refractivity (Wildman–Crippen MR) is 108 cm³/mol. The molecule has 0 radical (unpaired) electrons. The maximum absolute atomic E-state index is 11.5. The van der Waals surface area contributed by atoms with Crippen LogP contribution in [0.4, 0.5) is 5.13 Å². The van der Waals surface area contributed by atoms with Crippen LogP contribution in [0.5, 0.6) is 5.75 Å². The Morgan fingerprint density at radius 2 is 1.86 bits per heavy atom. The number of hydrogen-bond acceptors (Lipinski definition) is 7. The minimum atomic E-state index is -0.485. The summed E-state index contributed by atoms with van der Waals surface area (Å²) in [6.07, 6.45) is 0.853. The SMILES string of the molecule is COC(=O)c1ccc(O[C@@H]2C[C@@H]3CN(c4nc(C)c(C)s4)C[C@@H]3C[C@H]2O)cc1. The molecule has 2 heterocycles. The number of benzene rings is 1. The van der Waals surface area contributed by atoms with Gasteiger partial charge in [-0.2, -0.15) is 0 Å². The summed E-state index contributed by atoms with van der Waals surface area (Å²) in [7, 11) is 1.36. The largest absolute Gasteiger partial charge is 0.488 e. The second-order valence-electron chi connectivity index (χ2n) is 7.77. The van der Waals surface area contributed by atoms with Crippen LogP contribution in [0.15, 0.2) is 24.3 Å². The molecule has 4 rings (SSSR count). The van der Waals surface area contributed by atoms with Crippen molar-refractivity contribution in [1.29, 1.82) is 0 Å². The summed E-state index contributed by atoms with van der Waals surface area (Å²) < 4.78 is 10.8. The minimum Gasteiger partial charge on any atom is -0.488 e. The minimum absolute atomic E-state index is 0.232. The van der Waals surface area contributed by atoms with Gasteiger partial charge in [-0.1, -0.05) is 0 Å². The van der Waals surface area contributed by atoms with Gasteiger partial charge < -0.3 is 19.5 Å². The molecule has 1 aliphatic heterocycles. The highest BCUT2D eigenvalue weighted by Crippen LogP contribution is 2.40. The van der Waals surface area contributed by atoms with Crippen molar-refractivity contribution in [2.24, 2.45) is 11.8 Å². The maximum atomic E-state index is 11.5. The number of hydrogen-bond donors (Lipinski definition) is 1. The first-order chi connectivity index (χ1) is 13.4. The molecule has 6 nitrogen and oxygen atoms in total. The van der Waals surface area contributed by atoms with E-state index in [-0.39, 0.29) is 12.1 Å². The Kier molecular flexibility index (Phi) is 5.29. The highest BCUT2D eigenvalue weighted by Gasteiger charge is 2.43. The third-order valence-corrected chi connectivity index (χ3v) is 7.07. The molecule has 4 atom stereocenters. The summed E-state index contributed by atoms with van der Waals surface area (Å²) >= 11 is 1.75. The van der Waals surface area contributed by atoms with E-state index >= 15 is 0 Å². The van der Waals surface area contributed by atoms with Crippen LogP contribution >= 0.6 is 11.3 Å². The van der Waals surface area contributed by atoms with Gasteiger partial charge >= 0.3 is 5.97 Å². The van der Waals surface area contributed by atoms with Crippen molar-refractivity contribution in [3.63, 3.8) is 0 Å². The molecule has 0 spiro atoms. The number of anilines is 1. The Balaban J connectivity index is 1.41. The van der Waals surface area contributed by atoms with Crippen LogP contribution in [0, 0.1) is 25.7 Å². The zero-order chi connectivity index (χ0) is 19.8. The van der Waals surface area contributed by atoms with Gasteiger partial charge in [0.05, 0.1) is 24.5 Å². The van der Waals surface area contributed by atoms with Crippen molar-refractivity contribution in [2.75, 3.05) is 25.1 Å². The van der Waals surface area contributed by atoms with E-state index in [1.807, 2.05) is 0 Å². The molecular weight excluding hydrogens is 376 g/mol. The van der Waals surface area contributed by atoms with Gasteiger partial charge in [-0.05, 0) is 62.8 Å². The first kappa shape index (κ1) is 19.2. The number of rotatable bonds is 4. The standard InChI is InChI=1S/C21H26N2O4S/c1-12-13(2)28-21(22-12)23-10-15-8-18(24)19(9-16(15)11-23)27-17-6-4-14(5-7-17)20(25)26-3/h4-7,15-16,18-19,24H,8-11H2,1-3H3/t15-,16+,18+,19+/m0/s1. The molecule has 1 aromatic carbocycles. The van der Waals surface area contributed by atoms with Crippen molar-refractivity contribution >= 4 is 22.4 Å². The van der Waals surface area contributed by atoms with E-state index in [0.717, 1.165) is 36.8 Å². The fraction of sp³-hybridized carbons (Fsp3) is 0.524. The van der Waals surface area contributed by atoms with Gasteiger partial charge in [0.15, 0.2) is 5.13 Å². The molecule has 28 heavy (non-hydrogen) atoms.